The fourth-order valence-corrected chi connectivity index (χ4v) is 3.32. The van der Waals surface area contributed by atoms with Crippen molar-refractivity contribution in [2.45, 2.75) is 25.9 Å². The van der Waals surface area contributed by atoms with E-state index in [4.69, 9.17) is 25.8 Å². The zero-order valence-corrected chi connectivity index (χ0v) is 15.4. The fraction of sp³-hybridized carbons (Fsp3) is 0.238. The first kappa shape index (κ1) is 17.8. The molecule has 1 saturated heterocycles. The van der Waals surface area contributed by atoms with Crippen molar-refractivity contribution in [3.8, 4) is 11.5 Å². The molecule has 0 spiro atoms. The molecule has 27 heavy (non-hydrogen) atoms. The Kier molecular flexibility index (Phi) is 4.72. The second-order valence-electron chi connectivity index (χ2n) is 6.53. The molecule has 0 saturated carbocycles. The van der Waals surface area contributed by atoms with Crippen LogP contribution in [0, 0.1) is 6.92 Å². The van der Waals surface area contributed by atoms with E-state index in [1.807, 2.05) is 0 Å². The summed E-state index contributed by atoms with van der Waals surface area (Å²) in [5.41, 5.74) is 1.97. The van der Waals surface area contributed by atoms with Gasteiger partial charge in [-0.15, -0.1) is 0 Å². The molecule has 0 N–H and O–H groups in total. The highest BCUT2D eigenvalue weighted by Gasteiger charge is 2.31. The van der Waals surface area contributed by atoms with Crippen molar-refractivity contribution in [1.29, 1.82) is 0 Å². The summed E-state index contributed by atoms with van der Waals surface area (Å²) in [6.45, 7) is 2.36. The van der Waals surface area contributed by atoms with Crippen LogP contribution in [0.1, 0.15) is 34.3 Å². The highest BCUT2D eigenvalue weighted by atomic mass is 35.5. The van der Waals surface area contributed by atoms with Crippen molar-refractivity contribution in [2.75, 3.05) is 6.61 Å². The number of hydrogen-bond acceptors (Lipinski definition) is 5. The van der Waals surface area contributed by atoms with Gasteiger partial charge < -0.3 is 14.2 Å². The number of allylic oxidation sites excluding steroid dienone is 1. The molecule has 5 nitrogen and oxygen atoms in total. The van der Waals surface area contributed by atoms with Gasteiger partial charge in [-0.3, -0.25) is 4.79 Å². The lowest BCUT2D eigenvalue weighted by Crippen LogP contribution is -2.24. The van der Waals surface area contributed by atoms with E-state index in [1.165, 1.54) is 0 Å². The van der Waals surface area contributed by atoms with Gasteiger partial charge >= 0.3 is 5.97 Å². The van der Waals surface area contributed by atoms with Crippen LogP contribution in [-0.4, -0.2) is 24.5 Å². The summed E-state index contributed by atoms with van der Waals surface area (Å²) in [5, 5.41) is 0.618. The minimum absolute atomic E-state index is 0.200. The maximum atomic E-state index is 12.7. The normalized spacial score (nSPS) is 19.9. The molecule has 2 heterocycles. The Balaban J connectivity index is 1.58. The Morgan fingerprint density at radius 1 is 1.26 bits per heavy atom. The van der Waals surface area contributed by atoms with Crippen LogP contribution < -0.4 is 9.47 Å². The number of rotatable bonds is 3. The van der Waals surface area contributed by atoms with Gasteiger partial charge in [0.1, 0.15) is 11.5 Å². The highest BCUT2D eigenvalue weighted by Crippen LogP contribution is 2.37. The quantitative estimate of drug-likeness (QED) is 0.447. The zero-order chi connectivity index (χ0) is 19.0. The lowest BCUT2D eigenvalue weighted by molar-refractivity contribution is -0.144. The first-order valence-corrected chi connectivity index (χ1v) is 9.07. The van der Waals surface area contributed by atoms with E-state index in [-0.39, 0.29) is 11.5 Å². The van der Waals surface area contributed by atoms with Gasteiger partial charge in [-0.25, -0.2) is 4.79 Å². The Morgan fingerprint density at radius 3 is 2.74 bits per heavy atom. The number of Topliss-reactive ketones (excluding diaryl/α,β-unsaturated/α-hetero) is 1. The third kappa shape index (κ3) is 3.61. The van der Waals surface area contributed by atoms with Crippen molar-refractivity contribution in [3.63, 3.8) is 0 Å². The van der Waals surface area contributed by atoms with E-state index in [0.717, 1.165) is 12.0 Å². The number of esters is 1. The molecule has 6 heteroatoms. The van der Waals surface area contributed by atoms with Crippen molar-refractivity contribution in [2.24, 2.45) is 0 Å². The molecular weight excluding hydrogens is 368 g/mol. The van der Waals surface area contributed by atoms with E-state index in [9.17, 15) is 9.59 Å². The van der Waals surface area contributed by atoms with Crippen LogP contribution >= 0.6 is 11.6 Å². The summed E-state index contributed by atoms with van der Waals surface area (Å²) in [6, 6.07) is 10.3. The van der Waals surface area contributed by atoms with Crippen molar-refractivity contribution < 1.29 is 23.8 Å². The number of hydrogen-bond donors (Lipinski definition) is 0. The molecule has 1 unspecified atom stereocenters. The van der Waals surface area contributed by atoms with Gasteiger partial charge in [0.25, 0.3) is 0 Å². The van der Waals surface area contributed by atoms with Gasteiger partial charge in [0, 0.05) is 17.7 Å². The minimum Gasteiger partial charge on any atom is -0.452 e. The molecule has 0 amide bonds. The van der Waals surface area contributed by atoms with Gasteiger partial charge in [0.15, 0.2) is 11.9 Å². The average molecular weight is 385 g/mol. The first-order valence-electron chi connectivity index (χ1n) is 8.69. The molecule has 2 aromatic carbocycles. The molecule has 2 aliphatic rings. The Hall–Kier alpha value is -2.63. The molecule has 138 valence electrons. The van der Waals surface area contributed by atoms with E-state index >= 15 is 0 Å². The monoisotopic (exact) mass is 384 g/mol. The van der Waals surface area contributed by atoms with Gasteiger partial charge in [-0.2, -0.15) is 0 Å². The average Bonchev–Trinajstić information content (AvgIpc) is 3.26. The Morgan fingerprint density at radius 2 is 2.04 bits per heavy atom. The van der Waals surface area contributed by atoms with Gasteiger partial charge in [0.05, 0.1) is 5.56 Å². The van der Waals surface area contributed by atoms with Crippen molar-refractivity contribution in [1.82, 2.24) is 0 Å². The van der Waals surface area contributed by atoms with E-state index in [0.29, 0.717) is 40.7 Å². The van der Waals surface area contributed by atoms with E-state index in [1.54, 1.807) is 49.4 Å². The highest BCUT2D eigenvalue weighted by molar-refractivity contribution is 6.30. The molecule has 1 fully saturated rings. The predicted octanol–water partition coefficient (Wildman–Crippen LogP) is 4.35. The van der Waals surface area contributed by atoms with Crippen LogP contribution in [0.25, 0.3) is 6.08 Å². The topological polar surface area (TPSA) is 61.8 Å². The molecule has 1 atom stereocenters. The third-order valence-corrected chi connectivity index (χ3v) is 4.77. The van der Waals surface area contributed by atoms with Crippen molar-refractivity contribution in [3.05, 3.63) is 63.9 Å². The number of benzene rings is 2. The smallest absolute Gasteiger partial charge is 0.340 e. The summed E-state index contributed by atoms with van der Waals surface area (Å²) in [4.78, 5) is 24.8. The molecule has 0 radical (unpaired) electrons. The van der Waals surface area contributed by atoms with E-state index < -0.39 is 12.1 Å². The number of fused-ring (bicyclic) bond motifs is 1. The van der Waals surface area contributed by atoms with Gasteiger partial charge in [0.2, 0.25) is 5.78 Å². The lowest BCUT2D eigenvalue weighted by atomic mass is 10.0. The summed E-state index contributed by atoms with van der Waals surface area (Å²) >= 11 is 5.89. The van der Waals surface area contributed by atoms with Crippen LogP contribution in [-0.2, 0) is 9.53 Å². The minimum atomic E-state index is -0.526. The molecule has 2 aromatic rings. The summed E-state index contributed by atoms with van der Waals surface area (Å²) < 4.78 is 16.5. The second-order valence-corrected chi connectivity index (χ2v) is 6.96. The molecule has 2 aliphatic heterocycles. The molecule has 0 aromatic heterocycles. The molecule has 4 rings (SSSR count). The maximum Gasteiger partial charge on any atom is 0.340 e. The van der Waals surface area contributed by atoms with Gasteiger partial charge in [-0.1, -0.05) is 23.7 Å². The Labute approximate surface area is 161 Å². The zero-order valence-electron chi connectivity index (χ0n) is 14.7. The number of carbonyl (C=O) groups is 2. The number of ketones is 1. The second kappa shape index (κ2) is 7.18. The molecule has 0 aliphatic carbocycles. The summed E-state index contributed by atoms with van der Waals surface area (Å²) in [7, 11) is 0. The van der Waals surface area contributed by atoms with Crippen LogP contribution in [0.15, 0.2) is 42.2 Å². The van der Waals surface area contributed by atoms with Crippen LogP contribution in [0.3, 0.4) is 0 Å². The number of halogens is 1. The van der Waals surface area contributed by atoms with Crippen LogP contribution in [0.5, 0.6) is 11.5 Å². The summed E-state index contributed by atoms with van der Waals surface area (Å²) in [5.74, 6) is 0.322. The SMILES string of the molecule is Cc1cc(OC(=O)C2CCCO2)cc2c1C(=O)/C(=C/c1ccc(Cl)cc1)O2. The largest absolute Gasteiger partial charge is 0.452 e. The number of aryl methyl sites for hydroxylation is 1. The van der Waals surface area contributed by atoms with Crippen LogP contribution in [0.2, 0.25) is 5.02 Å². The standard InChI is InChI=1S/C21H17ClO5/c1-12-9-15(26-21(24)16-3-2-8-25-16)11-17-19(12)20(23)18(27-17)10-13-4-6-14(22)7-5-13/h4-7,9-11,16H,2-3,8H2,1H3/b18-10-. The van der Waals surface area contributed by atoms with Crippen LogP contribution in [0.4, 0.5) is 0 Å². The maximum absolute atomic E-state index is 12.7. The first-order chi connectivity index (χ1) is 13.0. The predicted molar refractivity (Wildman–Crippen MR) is 100 cm³/mol. The summed E-state index contributed by atoms with van der Waals surface area (Å²) in [6.07, 6.45) is 2.64. The van der Waals surface area contributed by atoms with Crippen molar-refractivity contribution >= 4 is 29.4 Å². The Bertz CT molecular complexity index is 940. The van der Waals surface area contributed by atoms with Gasteiger partial charge in [-0.05, 0) is 55.2 Å². The molecular formula is C21H17ClO5. The number of carbonyl (C=O) groups excluding carboxylic acids is 2. The fourth-order valence-electron chi connectivity index (χ4n) is 3.19. The number of ether oxygens (including phenoxy) is 3. The third-order valence-electron chi connectivity index (χ3n) is 4.52. The lowest BCUT2D eigenvalue weighted by Gasteiger charge is -2.11. The van der Waals surface area contributed by atoms with E-state index in [2.05, 4.69) is 0 Å². The molecule has 0 bridgehead atoms.